The summed E-state index contributed by atoms with van der Waals surface area (Å²) >= 11 is 1.13. The predicted octanol–water partition coefficient (Wildman–Crippen LogP) is 5.59. The number of ether oxygens (including phenoxy) is 1. The van der Waals surface area contributed by atoms with E-state index in [4.69, 9.17) is 0 Å². The van der Waals surface area contributed by atoms with Crippen molar-refractivity contribution in [2.75, 3.05) is 11.1 Å². The van der Waals surface area contributed by atoms with Crippen molar-refractivity contribution in [3.63, 3.8) is 0 Å². The fourth-order valence-electron chi connectivity index (χ4n) is 3.56. The Bertz CT molecular complexity index is 1360. The van der Waals surface area contributed by atoms with Gasteiger partial charge in [-0.2, -0.15) is 8.78 Å². The van der Waals surface area contributed by atoms with Gasteiger partial charge in [-0.25, -0.2) is 0 Å². The molecule has 7 nitrogen and oxygen atoms in total. The van der Waals surface area contributed by atoms with Gasteiger partial charge in [-0.05, 0) is 49.7 Å². The summed E-state index contributed by atoms with van der Waals surface area (Å²) in [6.45, 7) is 0.937. The number of thioether (sulfide) groups is 1. The molecule has 0 aliphatic rings. The number of hydrogen-bond donors (Lipinski definition) is 2. The first-order valence-electron chi connectivity index (χ1n) is 10.6. The van der Waals surface area contributed by atoms with E-state index in [1.165, 1.54) is 18.2 Å². The topological polar surface area (TPSA) is 89.3 Å². The molecule has 2 N–H and O–H groups in total. The molecule has 0 atom stereocenters. The van der Waals surface area contributed by atoms with E-state index in [9.17, 15) is 18.7 Å². The summed E-state index contributed by atoms with van der Waals surface area (Å²) in [4.78, 5) is 12.6. The maximum Gasteiger partial charge on any atom is 0.387 e. The Labute approximate surface area is 204 Å². The van der Waals surface area contributed by atoms with Crippen LogP contribution in [0.1, 0.15) is 11.1 Å². The molecule has 0 aliphatic heterocycles. The molecule has 3 aromatic carbocycles. The fraction of sp³-hybridized carbons (Fsp3) is 0.160. The maximum absolute atomic E-state index is 12.7. The Morgan fingerprint density at radius 2 is 1.83 bits per heavy atom. The van der Waals surface area contributed by atoms with Crippen LogP contribution in [0.2, 0.25) is 0 Å². The third-order valence-corrected chi connectivity index (χ3v) is 6.01. The lowest BCUT2D eigenvalue weighted by Gasteiger charge is -2.14. The quantitative estimate of drug-likeness (QED) is 0.309. The van der Waals surface area contributed by atoms with Crippen molar-refractivity contribution in [1.29, 1.82) is 0 Å². The van der Waals surface area contributed by atoms with Gasteiger partial charge < -0.3 is 15.2 Å². The van der Waals surface area contributed by atoms with E-state index >= 15 is 0 Å². The fourth-order valence-corrected chi connectivity index (χ4v) is 4.30. The van der Waals surface area contributed by atoms with Gasteiger partial charge in [-0.1, -0.05) is 53.7 Å². The highest BCUT2D eigenvalue weighted by Crippen LogP contribution is 2.34. The highest BCUT2D eigenvalue weighted by molar-refractivity contribution is 7.99. The molecule has 0 saturated carbocycles. The number of halogens is 2. The number of phenols is 1. The number of aromatic hydroxyl groups is 1. The lowest BCUT2D eigenvalue weighted by atomic mass is 10.1. The first kappa shape index (κ1) is 24.2. The second kappa shape index (κ2) is 10.6. The number of rotatable bonds is 8. The molecule has 0 spiro atoms. The standard InChI is InChI=1S/C25H22F2N4O3S/c1-15-11-12-19(16(2)13-15)31-23(17-7-3-5-9-20(17)32)29-30-25(31)35-14-22(33)28-18-8-4-6-10-21(18)34-24(26)27/h3-13,24,32H,14H2,1-2H3,(H,28,33). The molecule has 10 heteroatoms. The Hall–Kier alpha value is -3.92. The highest BCUT2D eigenvalue weighted by Gasteiger charge is 2.21. The summed E-state index contributed by atoms with van der Waals surface area (Å²) in [5, 5.41) is 22.0. The normalized spacial score (nSPS) is 11.0. The number of aryl methyl sites for hydroxylation is 2. The summed E-state index contributed by atoms with van der Waals surface area (Å²) < 4.78 is 31.6. The van der Waals surface area contributed by atoms with Gasteiger partial charge in [0, 0.05) is 0 Å². The third-order valence-electron chi connectivity index (χ3n) is 5.08. The van der Waals surface area contributed by atoms with Crippen molar-refractivity contribution < 1.29 is 23.4 Å². The van der Waals surface area contributed by atoms with Gasteiger partial charge in [0.05, 0.1) is 22.7 Å². The van der Waals surface area contributed by atoms with Crippen LogP contribution < -0.4 is 10.1 Å². The number of phenolic OH excluding ortho intramolecular Hbond substituents is 1. The van der Waals surface area contributed by atoms with E-state index < -0.39 is 12.5 Å². The molecule has 4 rings (SSSR count). The van der Waals surface area contributed by atoms with Gasteiger partial charge in [-0.15, -0.1) is 10.2 Å². The molecule has 0 radical (unpaired) electrons. The molecule has 180 valence electrons. The molecular weight excluding hydrogens is 474 g/mol. The SMILES string of the molecule is Cc1ccc(-n2c(SCC(=O)Nc3ccccc3OC(F)F)nnc2-c2ccccc2O)c(C)c1. The van der Waals surface area contributed by atoms with E-state index in [2.05, 4.69) is 20.3 Å². The molecule has 1 heterocycles. The van der Waals surface area contributed by atoms with E-state index in [-0.39, 0.29) is 22.9 Å². The lowest BCUT2D eigenvalue weighted by Crippen LogP contribution is -2.16. The van der Waals surface area contributed by atoms with Crippen molar-refractivity contribution in [2.45, 2.75) is 25.6 Å². The van der Waals surface area contributed by atoms with E-state index in [0.717, 1.165) is 28.6 Å². The third kappa shape index (κ3) is 5.60. The van der Waals surface area contributed by atoms with E-state index in [0.29, 0.717) is 16.5 Å². The molecule has 0 aliphatic carbocycles. The number of alkyl halides is 2. The first-order chi connectivity index (χ1) is 16.8. The maximum atomic E-state index is 12.7. The molecule has 0 unspecified atom stereocenters. The van der Waals surface area contributed by atoms with Crippen molar-refractivity contribution in [2.24, 2.45) is 0 Å². The first-order valence-corrected chi connectivity index (χ1v) is 11.6. The Morgan fingerprint density at radius 1 is 1.09 bits per heavy atom. The van der Waals surface area contributed by atoms with Gasteiger partial charge in [-0.3, -0.25) is 9.36 Å². The minimum absolute atomic E-state index is 0.0517. The van der Waals surface area contributed by atoms with Crippen LogP contribution >= 0.6 is 11.8 Å². The van der Waals surface area contributed by atoms with Gasteiger partial charge >= 0.3 is 6.61 Å². The van der Waals surface area contributed by atoms with Crippen LogP contribution in [-0.2, 0) is 4.79 Å². The van der Waals surface area contributed by atoms with Crippen LogP contribution in [0, 0.1) is 13.8 Å². The minimum Gasteiger partial charge on any atom is -0.507 e. The van der Waals surface area contributed by atoms with Gasteiger partial charge in [0.15, 0.2) is 11.0 Å². The van der Waals surface area contributed by atoms with Gasteiger partial charge in [0.25, 0.3) is 0 Å². The lowest BCUT2D eigenvalue weighted by molar-refractivity contribution is -0.113. The molecule has 35 heavy (non-hydrogen) atoms. The number of nitrogens with one attached hydrogen (secondary N) is 1. The monoisotopic (exact) mass is 496 g/mol. The molecule has 0 saturated heterocycles. The van der Waals surface area contributed by atoms with Crippen LogP contribution in [-0.4, -0.2) is 38.1 Å². The Kier molecular flexibility index (Phi) is 7.31. The molecular formula is C25H22F2N4O3S. The largest absolute Gasteiger partial charge is 0.507 e. The summed E-state index contributed by atoms with van der Waals surface area (Å²) in [5.74, 6) is -0.141. The summed E-state index contributed by atoms with van der Waals surface area (Å²) in [7, 11) is 0. The smallest absolute Gasteiger partial charge is 0.387 e. The molecule has 1 aromatic heterocycles. The summed E-state index contributed by atoms with van der Waals surface area (Å²) in [5.41, 5.74) is 3.49. The number of benzene rings is 3. The number of carbonyl (C=O) groups is 1. The zero-order chi connectivity index (χ0) is 24.9. The molecule has 0 bridgehead atoms. The van der Waals surface area contributed by atoms with Crippen molar-refractivity contribution in [1.82, 2.24) is 14.8 Å². The predicted molar refractivity (Wildman–Crippen MR) is 130 cm³/mol. The summed E-state index contributed by atoms with van der Waals surface area (Å²) in [6.07, 6.45) is 0. The number of aromatic nitrogens is 3. The second-order valence-corrected chi connectivity index (χ2v) is 8.60. The number of para-hydroxylation sites is 3. The number of hydrogen-bond acceptors (Lipinski definition) is 6. The highest BCUT2D eigenvalue weighted by atomic mass is 32.2. The Morgan fingerprint density at radius 3 is 2.57 bits per heavy atom. The average molecular weight is 497 g/mol. The van der Waals surface area contributed by atoms with Crippen molar-refractivity contribution >= 4 is 23.4 Å². The number of carbonyl (C=O) groups excluding carboxylic acids is 1. The average Bonchev–Trinajstić information content (AvgIpc) is 3.22. The van der Waals surface area contributed by atoms with E-state index in [1.54, 1.807) is 34.9 Å². The zero-order valence-electron chi connectivity index (χ0n) is 18.9. The Balaban J connectivity index is 1.62. The number of anilines is 1. The van der Waals surface area contributed by atoms with Gasteiger partial charge in [0.2, 0.25) is 5.91 Å². The molecule has 4 aromatic rings. The van der Waals surface area contributed by atoms with Crippen LogP contribution in [0.15, 0.2) is 71.9 Å². The van der Waals surface area contributed by atoms with Crippen molar-refractivity contribution in [3.05, 3.63) is 77.9 Å². The van der Waals surface area contributed by atoms with Crippen LogP contribution in [0.4, 0.5) is 14.5 Å². The number of amides is 1. The van der Waals surface area contributed by atoms with Gasteiger partial charge in [0.1, 0.15) is 11.5 Å². The van der Waals surface area contributed by atoms with Crippen LogP contribution in [0.25, 0.3) is 17.1 Å². The number of nitrogens with zero attached hydrogens (tertiary/aromatic N) is 3. The minimum atomic E-state index is -3.01. The van der Waals surface area contributed by atoms with Crippen LogP contribution in [0.5, 0.6) is 11.5 Å². The van der Waals surface area contributed by atoms with Crippen molar-refractivity contribution in [3.8, 4) is 28.6 Å². The second-order valence-electron chi connectivity index (χ2n) is 7.66. The molecule has 0 fully saturated rings. The van der Waals surface area contributed by atoms with Crippen LogP contribution in [0.3, 0.4) is 0 Å². The summed E-state index contributed by atoms with van der Waals surface area (Å²) in [6, 6.07) is 18.7. The molecule has 1 amide bonds. The van der Waals surface area contributed by atoms with E-state index in [1.807, 2.05) is 32.0 Å². The zero-order valence-corrected chi connectivity index (χ0v) is 19.7.